The molecule has 0 spiro atoms. The minimum Gasteiger partial charge on any atom is -0.475 e. The zero-order valence-electron chi connectivity index (χ0n) is 11.4. The van der Waals surface area contributed by atoms with Crippen LogP contribution in [0.5, 0.6) is 0 Å². The van der Waals surface area contributed by atoms with Crippen LogP contribution in [-0.4, -0.2) is 11.1 Å². The van der Waals surface area contributed by atoms with Crippen LogP contribution in [0.1, 0.15) is 23.0 Å². The second-order valence-corrected chi connectivity index (χ2v) is 5.24. The predicted octanol–water partition coefficient (Wildman–Crippen LogP) is 5.01. The summed E-state index contributed by atoms with van der Waals surface area (Å²) in [6.45, 7) is 2.06. The number of aryl methyl sites for hydroxylation is 1. The number of aromatic carboxylic acids is 1. The van der Waals surface area contributed by atoms with Crippen molar-refractivity contribution in [1.29, 1.82) is 0 Å². The van der Waals surface area contributed by atoms with Crippen LogP contribution in [0, 0.1) is 0 Å². The summed E-state index contributed by atoms with van der Waals surface area (Å²) in [6, 6.07) is 12.9. The summed E-state index contributed by atoms with van der Waals surface area (Å²) in [5.74, 6) is -0.531. The van der Waals surface area contributed by atoms with Crippen LogP contribution >= 0.6 is 11.6 Å². The fraction of sp³-hybridized carbons (Fsp3) is 0.118. The topological polar surface area (TPSA) is 50.4 Å². The van der Waals surface area contributed by atoms with Gasteiger partial charge in [0.25, 0.3) is 0 Å². The fourth-order valence-corrected chi connectivity index (χ4v) is 2.51. The summed E-state index contributed by atoms with van der Waals surface area (Å²) in [5, 5.41) is 11.4. The summed E-state index contributed by atoms with van der Waals surface area (Å²) in [6.07, 6.45) is 0.879. The zero-order valence-corrected chi connectivity index (χ0v) is 12.1. The molecule has 21 heavy (non-hydrogen) atoms. The summed E-state index contributed by atoms with van der Waals surface area (Å²) < 4.78 is 5.61. The molecule has 0 aliphatic heterocycles. The molecule has 0 atom stereocenters. The standard InChI is InChI=1S/C17H13ClO3/c1-2-10-3-8-13-14(9-10)15(21-16(13)17(19)20)11-4-6-12(18)7-5-11/h3-9H,2H2,1H3,(H,19,20). The average molecular weight is 301 g/mol. The van der Waals surface area contributed by atoms with Crippen LogP contribution in [0.3, 0.4) is 0 Å². The highest BCUT2D eigenvalue weighted by Gasteiger charge is 2.19. The van der Waals surface area contributed by atoms with Crippen molar-refractivity contribution in [3.05, 3.63) is 58.8 Å². The van der Waals surface area contributed by atoms with Gasteiger partial charge in [0.05, 0.1) is 0 Å². The molecule has 106 valence electrons. The summed E-state index contributed by atoms with van der Waals surface area (Å²) in [4.78, 5) is 11.4. The molecule has 2 aromatic carbocycles. The predicted molar refractivity (Wildman–Crippen MR) is 83.0 cm³/mol. The van der Waals surface area contributed by atoms with Crippen LogP contribution in [-0.2, 0) is 6.42 Å². The van der Waals surface area contributed by atoms with Gasteiger partial charge < -0.3 is 9.52 Å². The number of hydrogen-bond acceptors (Lipinski definition) is 2. The monoisotopic (exact) mass is 300 g/mol. The molecule has 1 aromatic heterocycles. The number of fused-ring (bicyclic) bond motifs is 1. The first-order chi connectivity index (χ1) is 10.1. The molecule has 0 aliphatic rings. The lowest BCUT2D eigenvalue weighted by atomic mass is 10.0. The van der Waals surface area contributed by atoms with E-state index >= 15 is 0 Å². The van der Waals surface area contributed by atoms with Crippen LogP contribution in [0.2, 0.25) is 5.02 Å². The Bertz CT molecular complexity index is 816. The lowest BCUT2D eigenvalue weighted by Crippen LogP contribution is -1.93. The van der Waals surface area contributed by atoms with Crippen LogP contribution in [0.15, 0.2) is 46.9 Å². The Morgan fingerprint density at radius 1 is 1.14 bits per heavy atom. The zero-order chi connectivity index (χ0) is 15.0. The minimum absolute atomic E-state index is 0.0300. The van der Waals surface area contributed by atoms with E-state index in [1.54, 1.807) is 18.2 Å². The largest absolute Gasteiger partial charge is 0.475 e. The maximum absolute atomic E-state index is 11.4. The third-order valence-electron chi connectivity index (χ3n) is 3.49. The Labute approximate surface area is 126 Å². The van der Waals surface area contributed by atoms with E-state index in [0.29, 0.717) is 16.2 Å². The third-order valence-corrected chi connectivity index (χ3v) is 3.74. The molecule has 0 radical (unpaired) electrons. The van der Waals surface area contributed by atoms with E-state index in [9.17, 15) is 9.90 Å². The van der Waals surface area contributed by atoms with E-state index in [2.05, 4.69) is 6.92 Å². The quantitative estimate of drug-likeness (QED) is 0.739. The fourth-order valence-electron chi connectivity index (χ4n) is 2.38. The summed E-state index contributed by atoms with van der Waals surface area (Å²) in [7, 11) is 0. The van der Waals surface area contributed by atoms with E-state index < -0.39 is 5.97 Å². The first kappa shape index (κ1) is 13.7. The molecule has 3 rings (SSSR count). The van der Waals surface area contributed by atoms with E-state index in [1.807, 2.05) is 24.3 Å². The lowest BCUT2D eigenvalue weighted by molar-refractivity contribution is 0.0666. The van der Waals surface area contributed by atoms with Gasteiger partial charge in [-0.05, 0) is 48.4 Å². The van der Waals surface area contributed by atoms with Crippen molar-refractivity contribution in [2.45, 2.75) is 13.3 Å². The normalized spacial score (nSPS) is 11.0. The Hall–Kier alpha value is -2.26. The molecule has 0 fully saturated rings. The van der Waals surface area contributed by atoms with Crippen molar-refractivity contribution >= 4 is 28.3 Å². The van der Waals surface area contributed by atoms with E-state index in [4.69, 9.17) is 16.0 Å². The highest BCUT2D eigenvalue weighted by molar-refractivity contribution is 6.30. The van der Waals surface area contributed by atoms with Crippen molar-refractivity contribution in [2.75, 3.05) is 0 Å². The molecule has 1 heterocycles. The van der Waals surface area contributed by atoms with Crippen LogP contribution in [0.4, 0.5) is 0 Å². The molecule has 0 unspecified atom stereocenters. The number of carboxylic acids is 1. The number of benzene rings is 2. The molecular formula is C17H13ClO3. The van der Waals surface area contributed by atoms with E-state index in [0.717, 1.165) is 22.9 Å². The maximum atomic E-state index is 11.4. The Kier molecular flexibility index (Phi) is 3.43. The van der Waals surface area contributed by atoms with E-state index in [-0.39, 0.29) is 5.76 Å². The van der Waals surface area contributed by atoms with Gasteiger partial charge in [0.15, 0.2) is 0 Å². The van der Waals surface area contributed by atoms with Gasteiger partial charge in [0, 0.05) is 21.4 Å². The first-order valence-electron chi connectivity index (χ1n) is 6.65. The van der Waals surface area contributed by atoms with Gasteiger partial charge in [-0.2, -0.15) is 0 Å². The molecule has 0 bridgehead atoms. The van der Waals surface area contributed by atoms with Crippen molar-refractivity contribution in [1.82, 2.24) is 0 Å². The molecule has 1 N–H and O–H groups in total. The van der Waals surface area contributed by atoms with Gasteiger partial charge >= 0.3 is 5.97 Å². The Balaban J connectivity index is 2.30. The highest BCUT2D eigenvalue weighted by atomic mass is 35.5. The van der Waals surface area contributed by atoms with Crippen molar-refractivity contribution in [2.24, 2.45) is 0 Å². The molecular weight excluding hydrogens is 288 g/mol. The molecule has 0 saturated heterocycles. The number of carboxylic acid groups (broad SMARTS) is 1. The van der Waals surface area contributed by atoms with Crippen LogP contribution in [0.25, 0.3) is 22.1 Å². The van der Waals surface area contributed by atoms with Crippen molar-refractivity contribution in [3.8, 4) is 11.3 Å². The van der Waals surface area contributed by atoms with Crippen LogP contribution < -0.4 is 0 Å². The molecule has 4 heteroatoms. The van der Waals surface area contributed by atoms with Crippen molar-refractivity contribution < 1.29 is 14.3 Å². The molecule has 0 saturated carbocycles. The van der Waals surface area contributed by atoms with E-state index in [1.165, 1.54) is 0 Å². The number of halogens is 1. The van der Waals surface area contributed by atoms with Gasteiger partial charge in [0.2, 0.25) is 5.76 Å². The Morgan fingerprint density at radius 3 is 2.48 bits per heavy atom. The van der Waals surface area contributed by atoms with Crippen molar-refractivity contribution in [3.63, 3.8) is 0 Å². The van der Waals surface area contributed by atoms with Gasteiger partial charge in [-0.25, -0.2) is 4.79 Å². The number of rotatable bonds is 3. The third kappa shape index (κ3) is 2.41. The highest BCUT2D eigenvalue weighted by Crippen LogP contribution is 2.35. The molecule has 0 amide bonds. The van der Waals surface area contributed by atoms with Gasteiger partial charge in [-0.1, -0.05) is 24.6 Å². The van der Waals surface area contributed by atoms with Gasteiger partial charge in [0.1, 0.15) is 5.76 Å². The Morgan fingerprint density at radius 2 is 1.86 bits per heavy atom. The first-order valence-corrected chi connectivity index (χ1v) is 7.02. The van der Waals surface area contributed by atoms with Gasteiger partial charge in [-0.15, -0.1) is 0 Å². The van der Waals surface area contributed by atoms with Gasteiger partial charge in [-0.3, -0.25) is 0 Å². The molecule has 3 aromatic rings. The second kappa shape index (κ2) is 5.26. The average Bonchev–Trinajstić information content (AvgIpc) is 2.87. The molecule has 3 nitrogen and oxygen atoms in total. The number of furan rings is 1. The molecule has 0 aliphatic carbocycles. The summed E-state index contributed by atoms with van der Waals surface area (Å²) >= 11 is 5.90. The minimum atomic E-state index is -1.07. The smallest absolute Gasteiger partial charge is 0.372 e. The second-order valence-electron chi connectivity index (χ2n) is 4.81. The lowest BCUT2D eigenvalue weighted by Gasteiger charge is -2.00. The number of hydrogen-bond donors (Lipinski definition) is 1. The SMILES string of the molecule is CCc1ccc2c(C(=O)O)oc(-c3ccc(Cl)cc3)c2c1. The maximum Gasteiger partial charge on any atom is 0.372 e. The summed E-state index contributed by atoms with van der Waals surface area (Å²) in [5.41, 5.74) is 1.95. The number of carbonyl (C=O) groups is 1.